The summed E-state index contributed by atoms with van der Waals surface area (Å²) in [5.41, 5.74) is 5.19. The molecule has 0 rings (SSSR count). The number of phosphoric acid groups is 1. The second kappa shape index (κ2) is 31.2. The molecule has 4 N–H and O–H groups in total. The first kappa shape index (κ1) is 40.7. The Hall–Kier alpha value is -1.28. The molecule has 0 aromatic heterocycles. The average Bonchev–Trinajstić information content (AvgIpc) is 2.98. The molecule has 9 heteroatoms. The van der Waals surface area contributed by atoms with Gasteiger partial charge in [0.15, 0.2) is 0 Å². The third-order valence-electron chi connectivity index (χ3n) is 6.76. The fraction of sp³-hybridized carbons (Fsp3) is 0.788. The van der Waals surface area contributed by atoms with E-state index in [0.29, 0.717) is 6.42 Å². The largest absolute Gasteiger partial charge is 0.472 e. The van der Waals surface area contributed by atoms with Gasteiger partial charge in [0.2, 0.25) is 0 Å². The van der Waals surface area contributed by atoms with Gasteiger partial charge in [-0.2, -0.15) is 0 Å². The number of aliphatic hydroxyl groups is 1. The van der Waals surface area contributed by atoms with Crippen LogP contribution in [0.3, 0.4) is 0 Å². The van der Waals surface area contributed by atoms with Crippen LogP contribution in [0.5, 0.6) is 0 Å². The number of rotatable bonds is 31. The van der Waals surface area contributed by atoms with Crippen molar-refractivity contribution in [3.8, 4) is 0 Å². The van der Waals surface area contributed by atoms with E-state index in [0.717, 1.165) is 32.1 Å². The summed E-state index contributed by atoms with van der Waals surface area (Å²) in [5.74, 6) is -0.390. The van der Waals surface area contributed by atoms with Crippen molar-refractivity contribution in [1.29, 1.82) is 0 Å². The Labute approximate surface area is 256 Å². The number of nitrogens with two attached hydrogens (primary N) is 1. The molecule has 0 fully saturated rings. The van der Waals surface area contributed by atoms with Crippen molar-refractivity contribution in [2.24, 2.45) is 5.73 Å². The highest BCUT2D eigenvalue weighted by Crippen LogP contribution is 2.42. The Morgan fingerprint density at radius 1 is 0.714 bits per heavy atom. The molecule has 0 aliphatic carbocycles. The molecular weight excluding hydrogens is 553 g/mol. The van der Waals surface area contributed by atoms with Gasteiger partial charge in [-0.1, -0.05) is 120 Å². The van der Waals surface area contributed by atoms with Crippen LogP contribution in [0.25, 0.3) is 0 Å². The lowest BCUT2D eigenvalue weighted by Gasteiger charge is -2.15. The van der Waals surface area contributed by atoms with Gasteiger partial charge < -0.3 is 20.5 Å². The lowest BCUT2D eigenvalue weighted by Crippen LogP contribution is -2.23. The number of esters is 1. The highest BCUT2D eigenvalue weighted by atomic mass is 31.2. The fourth-order valence-electron chi connectivity index (χ4n) is 4.28. The van der Waals surface area contributed by atoms with Gasteiger partial charge in [0, 0.05) is 13.0 Å². The number of unbranched alkanes of at least 4 members (excludes halogenated alkanes) is 15. The minimum Gasteiger partial charge on any atom is -0.463 e. The van der Waals surface area contributed by atoms with Gasteiger partial charge in [-0.15, -0.1) is 0 Å². The predicted molar refractivity (Wildman–Crippen MR) is 173 cm³/mol. The van der Waals surface area contributed by atoms with Crippen LogP contribution in [0.15, 0.2) is 36.5 Å². The van der Waals surface area contributed by atoms with Crippen LogP contribution in [0.4, 0.5) is 0 Å². The number of hydrogen-bond acceptors (Lipinski definition) is 7. The number of carbonyl (C=O) groups is 1. The Balaban J connectivity index is 3.43. The van der Waals surface area contributed by atoms with Crippen molar-refractivity contribution in [3.05, 3.63) is 36.5 Å². The summed E-state index contributed by atoms with van der Waals surface area (Å²) in [6, 6.07) is 0. The van der Waals surface area contributed by atoms with Crippen LogP contribution in [0.1, 0.15) is 135 Å². The standard InChI is InChI=1S/C33H62NO7P/c1-2-3-4-5-6-7-8-9-10-11-12-13-14-15-16-17-18-19-20-21-22-23-24-25-26-27-33(36)39-30-32(35)31-41-42(37,38)40-29-28-34/h8-9,11-12,14-15,32,35H,2-7,10,13,16-31,34H2,1H3,(H,37,38)/b9-8-,12-11-,15-14-. The third-order valence-corrected chi connectivity index (χ3v) is 7.74. The molecule has 2 unspecified atom stereocenters. The molecule has 0 saturated heterocycles. The number of phosphoric ester groups is 1. The zero-order valence-electron chi connectivity index (χ0n) is 26.5. The first-order chi connectivity index (χ1) is 20.4. The Morgan fingerprint density at radius 2 is 1.19 bits per heavy atom. The molecule has 0 aliphatic rings. The van der Waals surface area contributed by atoms with E-state index in [9.17, 15) is 19.4 Å². The number of hydrogen-bond donors (Lipinski definition) is 3. The minimum absolute atomic E-state index is 0.0727. The van der Waals surface area contributed by atoms with Gasteiger partial charge in [0.25, 0.3) is 0 Å². The van der Waals surface area contributed by atoms with E-state index in [2.05, 4.69) is 52.4 Å². The van der Waals surface area contributed by atoms with Gasteiger partial charge in [-0.25, -0.2) is 4.57 Å². The van der Waals surface area contributed by atoms with Gasteiger partial charge in [-0.3, -0.25) is 13.8 Å². The van der Waals surface area contributed by atoms with Crippen molar-refractivity contribution in [2.75, 3.05) is 26.4 Å². The molecule has 0 heterocycles. The summed E-state index contributed by atoms with van der Waals surface area (Å²) in [5, 5.41) is 9.73. The van der Waals surface area contributed by atoms with Gasteiger partial charge in [0.1, 0.15) is 12.7 Å². The lowest BCUT2D eigenvalue weighted by molar-refractivity contribution is -0.147. The number of ether oxygens (including phenoxy) is 1. The molecule has 0 amide bonds. The summed E-state index contributed by atoms with van der Waals surface area (Å²) in [4.78, 5) is 21.1. The zero-order valence-corrected chi connectivity index (χ0v) is 27.4. The van der Waals surface area contributed by atoms with Crippen molar-refractivity contribution < 1.29 is 33.1 Å². The molecule has 8 nitrogen and oxygen atoms in total. The van der Waals surface area contributed by atoms with Crippen molar-refractivity contribution >= 4 is 13.8 Å². The fourth-order valence-corrected chi connectivity index (χ4v) is 5.06. The molecule has 0 spiro atoms. The maximum absolute atomic E-state index is 11.8. The van der Waals surface area contributed by atoms with Crippen molar-refractivity contribution in [3.63, 3.8) is 0 Å². The minimum atomic E-state index is -4.25. The van der Waals surface area contributed by atoms with Gasteiger partial charge in [-0.05, 0) is 44.9 Å². The number of carbonyl (C=O) groups excluding carboxylic acids is 1. The molecule has 0 bridgehead atoms. The molecule has 0 aromatic carbocycles. The van der Waals surface area contributed by atoms with Crippen LogP contribution < -0.4 is 5.73 Å². The number of aliphatic hydroxyl groups excluding tert-OH is 1. The maximum atomic E-state index is 11.8. The van der Waals surface area contributed by atoms with E-state index < -0.39 is 26.5 Å². The van der Waals surface area contributed by atoms with Crippen LogP contribution >= 0.6 is 7.82 Å². The molecule has 42 heavy (non-hydrogen) atoms. The SMILES string of the molecule is CCCCCCC/C=C\C/C=C\C/C=C\CCCCCCCCCCCCC(=O)OCC(O)COP(=O)(O)OCCN. The maximum Gasteiger partial charge on any atom is 0.472 e. The highest BCUT2D eigenvalue weighted by Gasteiger charge is 2.22. The van der Waals surface area contributed by atoms with Crippen molar-refractivity contribution in [2.45, 2.75) is 141 Å². The average molecular weight is 616 g/mol. The van der Waals surface area contributed by atoms with Crippen LogP contribution in [-0.2, 0) is 23.1 Å². The Kier molecular flexibility index (Phi) is 30.2. The summed E-state index contributed by atoms with van der Waals surface area (Å²) in [6.45, 7) is 1.44. The molecule has 0 aromatic rings. The quantitative estimate of drug-likeness (QED) is 0.0307. The molecule has 0 saturated carbocycles. The summed E-state index contributed by atoms with van der Waals surface area (Å²) in [7, 11) is -4.25. The normalized spacial score (nSPS) is 14.3. The van der Waals surface area contributed by atoms with Crippen LogP contribution in [0, 0.1) is 0 Å². The Morgan fingerprint density at radius 3 is 1.71 bits per heavy atom. The molecule has 2 atom stereocenters. The van der Waals surface area contributed by atoms with E-state index in [1.165, 1.54) is 89.9 Å². The van der Waals surface area contributed by atoms with E-state index >= 15 is 0 Å². The second-order valence-electron chi connectivity index (χ2n) is 10.9. The molecule has 246 valence electrons. The second-order valence-corrected chi connectivity index (χ2v) is 12.3. The van der Waals surface area contributed by atoms with Gasteiger partial charge >= 0.3 is 13.8 Å². The van der Waals surface area contributed by atoms with E-state index in [-0.39, 0.29) is 19.8 Å². The predicted octanol–water partition coefficient (Wildman–Crippen LogP) is 8.47. The lowest BCUT2D eigenvalue weighted by atomic mass is 10.1. The molecular formula is C33H62NO7P. The summed E-state index contributed by atoms with van der Waals surface area (Å²) < 4.78 is 25.7. The van der Waals surface area contributed by atoms with E-state index in [1.54, 1.807) is 0 Å². The monoisotopic (exact) mass is 615 g/mol. The summed E-state index contributed by atoms with van der Waals surface area (Å²) in [6.07, 6.45) is 35.8. The first-order valence-electron chi connectivity index (χ1n) is 16.5. The highest BCUT2D eigenvalue weighted by molar-refractivity contribution is 7.47. The zero-order chi connectivity index (χ0) is 31.0. The molecule has 0 radical (unpaired) electrons. The van der Waals surface area contributed by atoms with E-state index in [1.807, 2.05) is 0 Å². The number of allylic oxidation sites excluding steroid dienone is 6. The van der Waals surface area contributed by atoms with Crippen molar-refractivity contribution in [1.82, 2.24) is 0 Å². The topological polar surface area (TPSA) is 128 Å². The van der Waals surface area contributed by atoms with Gasteiger partial charge in [0.05, 0.1) is 13.2 Å². The first-order valence-corrected chi connectivity index (χ1v) is 18.0. The summed E-state index contributed by atoms with van der Waals surface area (Å²) >= 11 is 0. The molecule has 0 aliphatic heterocycles. The van der Waals surface area contributed by atoms with Crippen LogP contribution in [0.2, 0.25) is 0 Å². The third kappa shape index (κ3) is 31.7. The Bertz CT molecular complexity index is 742. The smallest absolute Gasteiger partial charge is 0.463 e. The van der Waals surface area contributed by atoms with Crippen LogP contribution in [-0.4, -0.2) is 48.4 Å². The van der Waals surface area contributed by atoms with E-state index in [4.69, 9.17) is 10.5 Å².